The molecule has 0 fully saturated rings. The molecule has 0 radical (unpaired) electrons. The van der Waals surface area contributed by atoms with Crippen molar-refractivity contribution in [2.45, 2.75) is 13.8 Å². The zero-order valence-corrected chi connectivity index (χ0v) is 23.6. The first-order valence-electron chi connectivity index (χ1n) is 8.44. The second-order valence-corrected chi connectivity index (χ2v) is 15.8. The van der Waals surface area contributed by atoms with Crippen LogP contribution in [-0.4, -0.2) is 37.7 Å². The van der Waals surface area contributed by atoms with Crippen LogP contribution in [0.1, 0.15) is 13.8 Å². The van der Waals surface area contributed by atoms with E-state index in [1.165, 1.54) is 61.8 Å². The Hall–Kier alpha value is 0.530. The summed E-state index contributed by atoms with van der Waals surface area (Å²) in [5.74, 6) is 0.997. The lowest BCUT2D eigenvalue weighted by molar-refractivity contribution is -0.138. The Kier molecular flexibility index (Phi) is 9.72. The molecule has 0 N–H and O–H groups in total. The summed E-state index contributed by atoms with van der Waals surface area (Å²) >= 11 is 18.6. The van der Waals surface area contributed by atoms with Gasteiger partial charge in [0.2, 0.25) is 0 Å². The number of hydrogen-bond donors (Lipinski definition) is 0. The van der Waals surface area contributed by atoms with Crippen LogP contribution in [0, 0.1) is 3.82 Å². The van der Waals surface area contributed by atoms with Crippen molar-refractivity contribution in [3.63, 3.8) is 0 Å². The van der Waals surface area contributed by atoms with Gasteiger partial charge in [-0.25, -0.2) is 9.59 Å². The molecule has 3 rings (SSSR count). The molecule has 0 aliphatic carbocycles. The number of esters is 2. The van der Waals surface area contributed by atoms with Crippen molar-refractivity contribution in [3.05, 3.63) is 30.5 Å². The van der Waals surface area contributed by atoms with Crippen molar-refractivity contribution in [1.29, 1.82) is 0 Å². The van der Waals surface area contributed by atoms with Gasteiger partial charge in [0.25, 0.3) is 0 Å². The maximum absolute atomic E-state index is 12.1. The predicted octanol–water partition coefficient (Wildman–Crippen LogP) is 5.82. The van der Waals surface area contributed by atoms with Crippen LogP contribution in [-0.2, 0) is 19.1 Å². The molecule has 0 amide bonds. The van der Waals surface area contributed by atoms with E-state index in [-0.39, 0.29) is 9.81 Å². The number of methoxy groups -OCH3 is 2. The molecule has 1 aromatic rings. The molecule has 162 valence electrons. The fraction of sp³-hybridized carbons (Fsp3) is 0.353. The predicted molar refractivity (Wildman–Crippen MR) is 144 cm³/mol. The lowest BCUT2D eigenvalue weighted by Gasteiger charge is -2.00. The van der Waals surface area contributed by atoms with Crippen molar-refractivity contribution in [1.82, 2.24) is 0 Å². The molecule has 0 bridgehead atoms. The molecule has 0 atom stereocenters. The molecule has 0 spiro atoms. The Balaban J connectivity index is 2.01. The van der Waals surface area contributed by atoms with Gasteiger partial charge in [0, 0.05) is 0 Å². The van der Waals surface area contributed by atoms with Gasteiger partial charge < -0.3 is 9.47 Å². The second kappa shape index (κ2) is 11.6. The molecule has 1 aromatic heterocycles. The molecule has 4 nitrogen and oxygen atoms in total. The zero-order chi connectivity index (χ0) is 21.8. The number of carbonyl (C=O) groups is 2. The average Bonchev–Trinajstić information content (AvgIpc) is 3.44. The fourth-order valence-electron chi connectivity index (χ4n) is 2.13. The van der Waals surface area contributed by atoms with Gasteiger partial charge in [0.05, 0.1) is 35.7 Å². The van der Waals surface area contributed by atoms with Crippen LogP contribution >= 0.6 is 105 Å². The maximum atomic E-state index is 12.1. The van der Waals surface area contributed by atoms with Crippen LogP contribution < -0.4 is 8.38 Å². The van der Waals surface area contributed by atoms with Gasteiger partial charge in [0.15, 0.2) is 0 Å². The highest BCUT2D eigenvalue weighted by atomic mass is 32.3. The minimum Gasteiger partial charge on any atom is -0.465 e. The van der Waals surface area contributed by atoms with E-state index in [9.17, 15) is 9.59 Å². The SMILES string of the molecule is CCSC1=C(SCC)SC(=c2sc(=C3SC(C(=O)OC)=C(C(=O)OC)S3)sc2=S)S1. The summed E-state index contributed by atoms with van der Waals surface area (Å²) in [5.41, 5.74) is 0. The van der Waals surface area contributed by atoms with Gasteiger partial charge in [-0.3, -0.25) is 0 Å². The van der Waals surface area contributed by atoms with Crippen molar-refractivity contribution >= 4 is 126 Å². The minimum atomic E-state index is -0.536. The number of hydrogen-bond acceptors (Lipinski definition) is 13. The third-order valence-electron chi connectivity index (χ3n) is 3.34. The molecular formula is C17H16O4S9. The quantitative estimate of drug-likeness (QED) is 0.306. The molecular weight excluding hydrogens is 557 g/mol. The summed E-state index contributed by atoms with van der Waals surface area (Å²) < 4.78 is 17.3. The van der Waals surface area contributed by atoms with Gasteiger partial charge in [-0.15, -0.1) is 46.2 Å². The molecule has 30 heavy (non-hydrogen) atoms. The smallest absolute Gasteiger partial charge is 0.346 e. The summed E-state index contributed by atoms with van der Waals surface area (Å²) in [4.78, 5) is 24.8. The monoisotopic (exact) mass is 572 g/mol. The van der Waals surface area contributed by atoms with E-state index in [0.29, 0.717) is 0 Å². The van der Waals surface area contributed by atoms with Crippen LogP contribution in [0.25, 0.3) is 8.47 Å². The molecule has 2 aliphatic rings. The first-order valence-corrected chi connectivity index (χ1v) is 15.7. The first-order chi connectivity index (χ1) is 14.4. The van der Waals surface area contributed by atoms with E-state index in [0.717, 1.165) is 27.9 Å². The molecule has 13 heteroatoms. The van der Waals surface area contributed by atoms with E-state index in [2.05, 4.69) is 13.8 Å². The normalized spacial score (nSPS) is 16.7. The Morgan fingerprint density at radius 1 is 0.833 bits per heavy atom. The average molecular weight is 573 g/mol. The lowest BCUT2D eigenvalue weighted by Crippen LogP contribution is -2.08. The number of thioether (sulfide) groups is 6. The highest BCUT2D eigenvalue weighted by Crippen LogP contribution is 2.58. The van der Waals surface area contributed by atoms with Gasteiger partial charge >= 0.3 is 11.9 Å². The van der Waals surface area contributed by atoms with Crippen LogP contribution in [0.4, 0.5) is 0 Å². The van der Waals surface area contributed by atoms with Gasteiger partial charge in [-0.2, -0.15) is 0 Å². The molecule has 0 unspecified atom stereocenters. The number of rotatable bonds is 6. The third kappa shape index (κ3) is 5.53. The Morgan fingerprint density at radius 3 is 1.77 bits per heavy atom. The van der Waals surface area contributed by atoms with Crippen LogP contribution in [0.5, 0.6) is 0 Å². The second-order valence-electron chi connectivity index (χ2n) is 5.17. The highest BCUT2D eigenvalue weighted by Gasteiger charge is 2.33. The van der Waals surface area contributed by atoms with E-state index in [1.807, 2.05) is 23.5 Å². The standard InChI is InChI=1S/C17H16O4S9/c1-5-23-14-15(24-6-2)30-13(29-14)9-12(22)28-17(27-9)16-25-7(10(18)20-3)8(26-16)11(19)21-4/h5-6H2,1-4H3. The van der Waals surface area contributed by atoms with Crippen LogP contribution in [0.15, 0.2) is 18.3 Å². The molecule has 2 aliphatic heterocycles. The summed E-state index contributed by atoms with van der Waals surface area (Å²) in [6, 6.07) is 0. The third-order valence-corrected chi connectivity index (χ3v) is 15.0. The van der Waals surface area contributed by atoms with Crippen LogP contribution in [0.2, 0.25) is 0 Å². The number of ether oxygens (including phenoxy) is 2. The zero-order valence-electron chi connectivity index (χ0n) is 16.2. The number of carbonyl (C=O) groups excluding carboxylic acids is 2. The Morgan fingerprint density at radius 2 is 1.33 bits per heavy atom. The summed E-state index contributed by atoms with van der Waals surface area (Å²) in [5, 5.41) is 0. The largest absolute Gasteiger partial charge is 0.465 e. The molecule has 0 aromatic carbocycles. The van der Waals surface area contributed by atoms with E-state index >= 15 is 0 Å². The van der Waals surface area contributed by atoms with E-state index in [4.69, 9.17) is 21.7 Å². The summed E-state index contributed by atoms with van der Waals surface area (Å²) in [6.07, 6.45) is 0. The van der Waals surface area contributed by atoms with Crippen molar-refractivity contribution in [3.8, 4) is 0 Å². The summed E-state index contributed by atoms with van der Waals surface area (Å²) in [7, 11) is 2.60. The first kappa shape index (κ1) is 25.2. The van der Waals surface area contributed by atoms with Gasteiger partial charge in [-0.05, 0) is 11.5 Å². The van der Waals surface area contributed by atoms with Crippen molar-refractivity contribution in [2.24, 2.45) is 0 Å². The molecule has 0 saturated carbocycles. The fourth-order valence-corrected chi connectivity index (χ4v) is 14.0. The minimum absolute atomic E-state index is 0.264. The van der Waals surface area contributed by atoms with E-state index < -0.39 is 11.9 Å². The topological polar surface area (TPSA) is 52.6 Å². The maximum Gasteiger partial charge on any atom is 0.346 e. The molecule has 0 saturated heterocycles. The van der Waals surface area contributed by atoms with Crippen molar-refractivity contribution < 1.29 is 19.1 Å². The van der Waals surface area contributed by atoms with Gasteiger partial charge in [-0.1, -0.05) is 73.1 Å². The van der Waals surface area contributed by atoms with E-state index in [1.54, 1.807) is 34.9 Å². The Bertz CT molecular complexity index is 1060. The summed E-state index contributed by atoms with van der Waals surface area (Å²) in [6.45, 7) is 4.32. The lowest BCUT2D eigenvalue weighted by atomic mass is 10.5. The van der Waals surface area contributed by atoms with Crippen molar-refractivity contribution in [2.75, 3.05) is 25.7 Å². The Labute approximate surface area is 213 Å². The molecule has 3 heterocycles. The van der Waals surface area contributed by atoms with Crippen LogP contribution in [0.3, 0.4) is 0 Å². The highest BCUT2D eigenvalue weighted by molar-refractivity contribution is 8.45. The van der Waals surface area contributed by atoms with Gasteiger partial charge in [0.1, 0.15) is 17.5 Å².